The van der Waals surface area contributed by atoms with Crippen molar-refractivity contribution in [2.24, 2.45) is 11.8 Å². The number of nitrogen functional groups attached to an aromatic ring is 1. The molecule has 2 fully saturated rings. The minimum atomic E-state index is -0.234. The fraction of sp³-hybridized carbons (Fsp3) is 0.538. The van der Waals surface area contributed by atoms with Gasteiger partial charge in [0.1, 0.15) is 5.82 Å². The van der Waals surface area contributed by atoms with Crippen molar-refractivity contribution in [3.8, 4) is 0 Å². The molecule has 0 heterocycles. The van der Waals surface area contributed by atoms with Crippen LogP contribution in [0.1, 0.15) is 25.7 Å². The van der Waals surface area contributed by atoms with Gasteiger partial charge in [0, 0.05) is 11.7 Å². The maximum Gasteiger partial charge on any atom is 0.148 e. The first-order valence-corrected chi connectivity index (χ1v) is 6.04. The Morgan fingerprint density at radius 1 is 1.25 bits per heavy atom. The molecule has 2 nitrogen and oxygen atoms in total. The van der Waals surface area contributed by atoms with Gasteiger partial charge < -0.3 is 11.1 Å². The third-order valence-electron chi connectivity index (χ3n) is 4.07. The van der Waals surface area contributed by atoms with Crippen molar-refractivity contribution >= 4 is 11.4 Å². The van der Waals surface area contributed by atoms with Crippen molar-refractivity contribution in [1.29, 1.82) is 0 Å². The molecule has 0 spiro atoms. The SMILES string of the molecule is Nc1ccc(NC2CC3CCC2C3)c(F)c1. The quantitative estimate of drug-likeness (QED) is 0.752. The topological polar surface area (TPSA) is 38.0 Å². The smallest absolute Gasteiger partial charge is 0.148 e. The zero-order chi connectivity index (χ0) is 11.1. The minimum Gasteiger partial charge on any atom is -0.399 e. The maximum absolute atomic E-state index is 13.6. The summed E-state index contributed by atoms with van der Waals surface area (Å²) in [5, 5.41) is 3.34. The van der Waals surface area contributed by atoms with Gasteiger partial charge in [-0.15, -0.1) is 0 Å². The van der Waals surface area contributed by atoms with Crippen molar-refractivity contribution in [2.45, 2.75) is 31.7 Å². The molecule has 2 saturated carbocycles. The second-order valence-electron chi connectivity index (χ2n) is 5.16. The van der Waals surface area contributed by atoms with Crippen LogP contribution in [0.5, 0.6) is 0 Å². The molecule has 1 aromatic rings. The van der Waals surface area contributed by atoms with Crippen LogP contribution in [0.4, 0.5) is 15.8 Å². The molecule has 2 bridgehead atoms. The fourth-order valence-electron chi connectivity index (χ4n) is 3.27. The third kappa shape index (κ3) is 1.64. The lowest BCUT2D eigenvalue weighted by Crippen LogP contribution is -2.26. The summed E-state index contributed by atoms with van der Waals surface area (Å²) in [4.78, 5) is 0. The molecule has 16 heavy (non-hydrogen) atoms. The predicted molar refractivity (Wildman–Crippen MR) is 63.7 cm³/mol. The monoisotopic (exact) mass is 220 g/mol. The standard InChI is InChI=1S/C13H17FN2/c14-11-7-10(15)3-4-12(11)16-13-6-8-1-2-9(13)5-8/h3-4,7-9,13,16H,1-2,5-6,15H2. The molecule has 3 N–H and O–H groups in total. The normalized spacial score (nSPS) is 31.9. The number of anilines is 2. The van der Waals surface area contributed by atoms with Crippen LogP contribution in [0.2, 0.25) is 0 Å². The Balaban J connectivity index is 1.74. The summed E-state index contributed by atoms with van der Waals surface area (Å²) >= 11 is 0. The Kier molecular flexibility index (Phi) is 2.27. The average Bonchev–Trinajstić information content (AvgIpc) is 2.84. The number of rotatable bonds is 2. The first-order chi connectivity index (χ1) is 7.72. The van der Waals surface area contributed by atoms with Crippen molar-refractivity contribution in [3.63, 3.8) is 0 Å². The highest BCUT2D eigenvalue weighted by Crippen LogP contribution is 2.45. The van der Waals surface area contributed by atoms with Gasteiger partial charge in [-0.05, 0) is 49.3 Å². The molecule has 3 unspecified atom stereocenters. The molecule has 1 aromatic carbocycles. The largest absolute Gasteiger partial charge is 0.399 e. The number of nitrogens with one attached hydrogen (secondary N) is 1. The summed E-state index contributed by atoms with van der Waals surface area (Å²) in [5.74, 6) is 1.39. The molecule has 0 aromatic heterocycles. The predicted octanol–water partition coefficient (Wildman–Crippen LogP) is 3.01. The number of halogens is 1. The van der Waals surface area contributed by atoms with E-state index < -0.39 is 0 Å². The molecule has 0 amide bonds. The van der Waals surface area contributed by atoms with E-state index in [0.29, 0.717) is 17.4 Å². The molecular formula is C13H17FN2. The summed E-state index contributed by atoms with van der Waals surface area (Å²) in [6.07, 6.45) is 5.20. The van der Waals surface area contributed by atoms with Crippen LogP contribution >= 0.6 is 0 Å². The number of fused-ring (bicyclic) bond motifs is 2. The maximum atomic E-state index is 13.6. The molecule has 3 rings (SSSR count). The number of nitrogens with two attached hydrogens (primary N) is 1. The molecule has 0 saturated heterocycles. The van der Waals surface area contributed by atoms with Gasteiger partial charge in [-0.3, -0.25) is 0 Å². The number of hydrogen-bond donors (Lipinski definition) is 2. The second-order valence-corrected chi connectivity index (χ2v) is 5.16. The summed E-state index contributed by atoms with van der Waals surface area (Å²) in [6, 6.07) is 5.35. The van der Waals surface area contributed by atoms with E-state index in [1.54, 1.807) is 12.1 Å². The number of benzene rings is 1. The summed E-state index contributed by atoms with van der Waals surface area (Å²) < 4.78 is 13.6. The van der Waals surface area contributed by atoms with Crippen molar-refractivity contribution in [2.75, 3.05) is 11.1 Å². The average molecular weight is 220 g/mol. The Morgan fingerprint density at radius 3 is 2.75 bits per heavy atom. The molecule has 2 aliphatic carbocycles. The Labute approximate surface area is 95.0 Å². The third-order valence-corrected chi connectivity index (χ3v) is 4.07. The van der Waals surface area contributed by atoms with Crippen LogP contribution in [0.15, 0.2) is 18.2 Å². The van der Waals surface area contributed by atoms with Crippen molar-refractivity contribution < 1.29 is 4.39 Å². The lowest BCUT2D eigenvalue weighted by atomic mass is 9.95. The van der Waals surface area contributed by atoms with Gasteiger partial charge in [0.05, 0.1) is 5.69 Å². The Bertz CT molecular complexity index is 405. The molecule has 0 aliphatic heterocycles. The van der Waals surface area contributed by atoms with E-state index >= 15 is 0 Å². The Morgan fingerprint density at radius 2 is 2.12 bits per heavy atom. The molecule has 86 valence electrons. The minimum absolute atomic E-state index is 0.234. The highest BCUT2D eigenvalue weighted by Gasteiger charge is 2.39. The van der Waals surface area contributed by atoms with Crippen LogP contribution in [0.25, 0.3) is 0 Å². The van der Waals surface area contributed by atoms with Gasteiger partial charge in [-0.1, -0.05) is 6.42 Å². The van der Waals surface area contributed by atoms with Crippen LogP contribution in [0.3, 0.4) is 0 Å². The van der Waals surface area contributed by atoms with E-state index in [4.69, 9.17) is 5.73 Å². The lowest BCUT2D eigenvalue weighted by Gasteiger charge is -2.24. The van der Waals surface area contributed by atoms with Gasteiger partial charge in [-0.2, -0.15) is 0 Å². The van der Waals surface area contributed by atoms with Gasteiger partial charge in [0.25, 0.3) is 0 Å². The molecule has 0 radical (unpaired) electrons. The Hall–Kier alpha value is -1.25. The lowest BCUT2D eigenvalue weighted by molar-refractivity contribution is 0.438. The second kappa shape index (κ2) is 3.65. The highest BCUT2D eigenvalue weighted by atomic mass is 19.1. The van der Waals surface area contributed by atoms with Crippen LogP contribution in [0, 0.1) is 17.7 Å². The number of hydrogen-bond acceptors (Lipinski definition) is 2. The van der Waals surface area contributed by atoms with E-state index in [1.807, 2.05) is 0 Å². The van der Waals surface area contributed by atoms with E-state index in [-0.39, 0.29) is 5.82 Å². The van der Waals surface area contributed by atoms with Gasteiger partial charge in [0.2, 0.25) is 0 Å². The van der Waals surface area contributed by atoms with Gasteiger partial charge in [0.15, 0.2) is 0 Å². The van der Waals surface area contributed by atoms with E-state index in [0.717, 1.165) is 11.8 Å². The zero-order valence-corrected chi connectivity index (χ0v) is 9.25. The molecule has 3 heteroatoms. The highest BCUT2D eigenvalue weighted by molar-refractivity contribution is 5.53. The first-order valence-electron chi connectivity index (χ1n) is 6.04. The first kappa shape index (κ1) is 9.94. The van der Waals surface area contributed by atoms with E-state index in [2.05, 4.69) is 5.32 Å². The zero-order valence-electron chi connectivity index (χ0n) is 9.25. The van der Waals surface area contributed by atoms with Gasteiger partial charge >= 0.3 is 0 Å². The van der Waals surface area contributed by atoms with Crippen LogP contribution < -0.4 is 11.1 Å². The van der Waals surface area contributed by atoms with E-state index in [9.17, 15) is 4.39 Å². The van der Waals surface area contributed by atoms with Crippen molar-refractivity contribution in [3.05, 3.63) is 24.0 Å². The molecule has 2 aliphatic rings. The van der Waals surface area contributed by atoms with Crippen LogP contribution in [-0.2, 0) is 0 Å². The molecular weight excluding hydrogens is 203 g/mol. The summed E-state index contributed by atoms with van der Waals surface area (Å²) in [6.45, 7) is 0. The summed E-state index contributed by atoms with van der Waals surface area (Å²) in [7, 11) is 0. The van der Waals surface area contributed by atoms with E-state index in [1.165, 1.54) is 31.7 Å². The van der Waals surface area contributed by atoms with Gasteiger partial charge in [-0.25, -0.2) is 4.39 Å². The van der Waals surface area contributed by atoms with Crippen molar-refractivity contribution in [1.82, 2.24) is 0 Å². The fourth-order valence-corrected chi connectivity index (χ4v) is 3.27. The van der Waals surface area contributed by atoms with Crippen LogP contribution in [-0.4, -0.2) is 6.04 Å². The summed E-state index contributed by atoms with van der Waals surface area (Å²) in [5.41, 5.74) is 6.61. The molecule has 3 atom stereocenters.